The van der Waals surface area contributed by atoms with Gasteiger partial charge in [0.1, 0.15) is 0 Å². The summed E-state index contributed by atoms with van der Waals surface area (Å²) >= 11 is 0. The Morgan fingerprint density at radius 1 is 0.545 bits per heavy atom. The van der Waals surface area contributed by atoms with Gasteiger partial charge >= 0.3 is 0 Å². The lowest BCUT2D eigenvalue weighted by atomic mass is 9.67. The van der Waals surface area contributed by atoms with E-state index in [2.05, 4.69) is 134 Å². The molecular weight excluding hydrogens is 396 g/mol. The van der Waals surface area contributed by atoms with Crippen LogP contribution >= 0.6 is 0 Å². The number of hydrogen-bond donors (Lipinski definition) is 0. The summed E-state index contributed by atoms with van der Waals surface area (Å²) in [4.78, 5) is 0. The Bertz CT molecular complexity index is 1370. The molecule has 1 aliphatic carbocycles. The van der Waals surface area contributed by atoms with E-state index in [9.17, 15) is 0 Å². The summed E-state index contributed by atoms with van der Waals surface area (Å²) in [6, 6.07) is 46.8. The number of aryl methyl sites for hydroxylation is 1. The molecule has 0 saturated heterocycles. The molecule has 1 aliphatic rings. The highest BCUT2D eigenvalue weighted by Gasteiger charge is 2.46. The first-order valence-corrected chi connectivity index (χ1v) is 11.7. The van der Waals surface area contributed by atoms with Crippen molar-refractivity contribution < 1.29 is 0 Å². The predicted octanol–water partition coefficient (Wildman–Crippen LogP) is 7.95. The molecule has 0 aliphatic heterocycles. The maximum atomic E-state index is 2.39. The molecule has 6 rings (SSSR count). The second-order valence-corrected chi connectivity index (χ2v) is 9.03. The molecule has 0 fully saturated rings. The van der Waals surface area contributed by atoms with Crippen molar-refractivity contribution in [3.05, 3.63) is 166 Å². The molecule has 0 amide bonds. The molecule has 0 bridgehead atoms. The zero-order valence-electron chi connectivity index (χ0n) is 18.8. The molecular formula is C33H26. The minimum Gasteiger partial charge on any atom is -0.0622 e. The van der Waals surface area contributed by atoms with Crippen molar-refractivity contribution in [1.29, 1.82) is 0 Å². The molecule has 0 radical (unpaired) electrons. The van der Waals surface area contributed by atoms with E-state index in [1.54, 1.807) is 0 Å². The van der Waals surface area contributed by atoms with Crippen LogP contribution in [0.4, 0.5) is 0 Å². The first kappa shape index (κ1) is 19.8. The zero-order chi connectivity index (χ0) is 22.3. The third-order valence-corrected chi connectivity index (χ3v) is 7.05. The monoisotopic (exact) mass is 422 g/mol. The van der Waals surface area contributed by atoms with Gasteiger partial charge in [-0.3, -0.25) is 0 Å². The molecule has 5 aromatic carbocycles. The van der Waals surface area contributed by atoms with E-state index in [1.807, 2.05) is 0 Å². The molecule has 0 spiro atoms. The second kappa shape index (κ2) is 7.90. The van der Waals surface area contributed by atoms with Crippen LogP contribution < -0.4 is 0 Å². The van der Waals surface area contributed by atoms with Crippen LogP contribution in [0.25, 0.3) is 11.1 Å². The summed E-state index contributed by atoms with van der Waals surface area (Å²) in [7, 11) is 0. The van der Waals surface area contributed by atoms with Gasteiger partial charge in [0.2, 0.25) is 0 Å². The Balaban J connectivity index is 1.71. The lowest BCUT2D eigenvalue weighted by Crippen LogP contribution is -2.28. The van der Waals surface area contributed by atoms with Gasteiger partial charge < -0.3 is 0 Å². The SMILES string of the molecule is Cc1ccc2c(c1)-c1c(Cc3ccccc3)cccc1C2(c1ccccc1)c1ccccc1. The zero-order valence-corrected chi connectivity index (χ0v) is 18.8. The van der Waals surface area contributed by atoms with Crippen LogP contribution in [0.3, 0.4) is 0 Å². The second-order valence-electron chi connectivity index (χ2n) is 9.03. The number of fused-ring (bicyclic) bond motifs is 3. The Labute approximate surface area is 196 Å². The Morgan fingerprint density at radius 2 is 1.15 bits per heavy atom. The number of rotatable bonds is 4. The quantitative estimate of drug-likeness (QED) is 0.270. The van der Waals surface area contributed by atoms with Gasteiger partial charge in [0.25, 0.3) is 0 Å². The van der Waals surface area contributed by atoms with Crippen LogP contribution in [0.2, 0.25) is 0 Å². The van der Waals surface area contributed by atoms with Gasteiger partial charge in [-0.1, -0.05) is 133 Å². The Morgan fingerprint density at radius 3 is 1.79 bits per heavy atom. The first-order chi connectivity index (χ1) is 16.3. The average molecular weight is 423 g/mol. The summed E-state index contributed by atoms with van der Waals surface area (Å²) in [5.74, 6) is 0. The predicted molar refractivity (Wildman–Crippen MR) is 138 cm³/mol. The lowest BCUT2D eigenvalue weighted by molar-refractivity contribution is 0.767. The fraction of sp³-hybridized carbons (Fsp3) is 0.0909. The molecule has 0 N–H and O–H groups in total. The van der Waals surface area contributed by atoms with E-state index in [1.165, 1.54) is 50.1 Å². The molecule has 0 aromatic heterocycles. The van der Waals surface area contributed by atoms with E-state index in [0.717, 1.165) is 6.42 Å². The molecule has 0 nitrogen and oxygen atoms in total. The van der Waals surface area contributed by atoms with Crippen molar-refractivity contribution in [1.82, 2.24) is 0 Å². The van der Waals surface area contributed by atoms with Crippen LogP contribution in [-0.4, -0.2) is 0 Å². The highest BCUT2D eigenvalue weighted by Crippen LogP contribution is 2.57. The molecule has 0 heteroatoms. The lowest BCUT2D eigenvalue weighted by Gasteiger charge is -2.34. The van der Waals surface area contributed by atoms with Crippen molar-refractivity contribution >= 4 is 0 Å². The van der Waals surface area contributed by atoms with Crippen molar-refractivity contribution in [2.45, 2.75) is 18.8 Å². The summed E-state index contributed by atoms with van der Waals surface area (Å²) in [6.07, 6.45) is 0.928. The van der Waals surface area contributed by atoms with Gasteiger partial charge in [0.05, 0.1) is 5.41 Å². The van der Waals surface area contributed by atoms with Gasteiger partial charge in [-0.2, -0.15) is 0 Å². The smallest absolute Gasteiger partial charge is 0.0622 e. The summed E-state index contributed by atoms with van der Waals surface area (Å²) < 4.78 is 0. The third-order valence-electron chi connectivity index (χ3n) is 7.05. The van der Waals surface area contributed by atoms with Crippen molar-refractivity contribution in [3.63, 3.8) is 0 Å². The van der Waals surface area contributed by atoms with Crippen molar-refractivity contribution in [3.8, 4) is 11.1 Å². The molecule has 33 heavy (non-hydrogen) atoms. The highest BCUT2D eigenvalue weighted by atomic mass is 14.5. The minimum absolute atomic E-state index is 0.326. The van der Waals surface area contributed by atoms with Gasteiger partial charge in [-0.15, -0.1) is 0 Å². The van der Waals surface area contributed by atoms with Crippen molar-refractivity contribution in [2.24, 2.45) is 0 Å². The van der Waals surface area contributed by atoms with Crippen LogP contribution in [0.15, 0.2) is 127 Å². The van der Waals surface area contributed by atoms with E-state index < -0.39 is 0 Å². The first-order valence-electron chi connectivity index (χ1n) is 11.7. The molecule has 0 saturated carbocycles. The fourth-order valence-corrected chi connectivity index (χ4v) is 5.70. The summed E-state index contributed by atoms with van der Waals surface area (Å²) in [5, 5.41) is 0. The average Bonchev–Trinajstić information content (AvgIpc) is 3.17. The number of benzene rings is 5. The Hall–Kier alpha value is -3.90. The van der Waals surface area contributed by atoms with Crippen LogP contribution in [0.5, 0.6) is 0 Å². The van der Waals surface area contributed by atoms with Crippen LogP contribution in [-0.2, 0) is 11.8 Å². The van der Waals surface area contributed by atoms with Gasteiger partial charge in [0.15, 0.2) is 0 Å². The maximum Gasteiger partial charge on any atom is 0.0713 e. The maximum absolute atomic E-state index is 2.39. The standard InChI is InChI=1S/C33H26/c1-24-20-21-30-29(22-24)32-26(23-25-12-5-2-6-13-25)14-11-19-31(32)33(30,27-15-7-3-8-16-27)28-17-9-4-10-18-28/h2-22H,23H2,1H3. The van der Waals surface area contributed by atoms with Crippen LogP contribution in [0, 0.1) is 6.92 Å². The minimum atomic E-state index is -0.326. The van der Waals surface area contributed by atoms with Gasteiger partial charge in [0, 0.05) is 0 Å². The van der Waals surface area contributed by atoms with Crippen LogP contribution in [0.1, 0.15) is 38.9 Å². The largest absolute Gasteiger partial charge is 0.0713 e. The number of hydrogen-bond acceptors (Lipinski definition) is 0. The summed E-state index contributed by atoms with van der Waals surface area (Å²) in [5.41, 5.74) is 11.9. The summed E-state index contributed by atoms with van der Waals surface area (Å²) in [6.45, 7) is 2.20. The van der Waals surface area contributed by atoms with E-state index >= 15 is 0 Å². The van der Waals surface area contributed by atoms with Gasteiger partial charge in [-0.05, 0) is 57.9 Å². The third kappa shape index (κ3) is 3.06. The highest BCUT2D eigenvalue weighted by molar-refractivity contribution is 5.88. The normalized spacial score (nSPS) is 13.4. The molecule has 5 aromatic rings. The molecule has 0 unspecified atom stereocenters. The van der Waals surface area contributed by atoms with Crippen molar-refractivity contribution in [2.75, 3.05) is 0 Å². The van der Waals surface area contributed by atoms with E-state index in [4.69, 9.17) is 0 Å². The Kier molecular flexibility index (Phi) is 4.73. The fourth-order valence-electron chi connectivity index (χ4n) is 5.70. The molecule has 0 atom stereocenters. The molecule has 0 heterocycles. The topological polar surface area (TPSA) is 0 Å². The van der Waals surface area contributed by atoms with E-state index in [-0.39, 0.29) is 5.41 Å². The van der Waals surface area contributed by atoms with E-state index in [0.29, 0.717) is 0 Å². The molecule has 158 valence electrons. The van der Waals surface area contributed by atoms with Gasteiger partial charge in [-0.25, -0.2) is 0 Å².